The second kappa shape index (κ2) is 6.42. The van der Waals surface area contributed by atoms with Crippen LogP contribution in [-0.2, 0) is 4.74 Å². The third-order valence-corrected chi connectivity index (χ3v) is 2.50. The van der Waals surface area contributed by atoms with Crippen LogP contribution in [0.4, 0.5) is 0 Å². The molecule has 17 heavy (non-hydrogen) atoms. The number of methoxy groups -OCH3 is 1. The summed E-state index contributed by atoms with van der Waals surface area (Å²) < 4.78 is 10.4. The lowest BCUT2D eigenvalue weighted by atomic mass is 10.2. The summed E-state index contributed by atoms with van der Waals surface area (Å²) in [4.78, 5) is 12.0. The summed E-state index contributed by atoms with van der Waals surface area (Å²) in [7, 11) is 1.60. The highest BCUT2D eigenvalue weighted by molar-refractivity contribution is 5.95. The van der Waals surface area contributed by atoms with Crippen molar-refractivity contribution in [3.63, 3.8) is 0 Å². The number of furan rings is 1. The maximum atomic E-state index is 12.0. The molecule has 1 aromatic heterocycles. The first-order chi connectivity index (χ1) is 8.08. The van der Waals surface area contributed by atoms with Crippen molar-refractivity contribution >= 4 is 5.91 Å². The van der Waals surface area contributed by atoms with Gasteiger partial charge in [0.05, 0.1) is 18.2 Å². The molecule has 1 aromatic rings. The van der Waals surface area contributed by atoms with Gasteiger partial charge in [0, 0.05) is 7.11 Å². The summed E-state index contributed by atoms with van der Waals surface area (Å²) in [5.74, 6) is 1.22. The quantitative estimate of drug-likeness (QED) is 0.777. The van der Waals surface area contributed by atoms with Gasteiger partial charge in [-0.15, -0.1) is 0 Å². The fourth-order valence-corrected chi connectivity index (χ4v) is 1.72. The molecule has 1 amide bonds. The number of nitrogens with one attached hydrogen (secondary N) is 1. The van der Waals surface area contributed by atoms with Crippen LogP contribution in [0.25, 0.3) is 0 Å². The second-order valence-electron chi connectivity index (χ2n) is 4.03. The van der Waals surface area contributed by atoms with Crippen molar-refractivity contribution in [2.45, 2.75) is 26.3 Å². The maximum Gasteiger partial charge on any atom is 0.255 e. The Labute approximate surface area is 101 Å². The van der Waals surface area contributed by atoms with E-state index in [-0.39, 0.29) is 11.9 Å². The normalized spacial score (nSPS) is 12.5. The molecule has 0 fully saturated rings. The zero-order valence-corrected chi connectivity index (χ0v) is 10.6. The van der Waals surface area contributed by atoms with Gasteiger partial charge in [-0.1, -0.05) is 0 Å². The molecule has 0 aliphatic heterocycles. The molecule has 0 spiro atoms. The van der Waals surface area contributed by atoms with Crippen LogP contribution in [0.1, 0.15) is 28.3 Å². The summed E-state index contributed by atoms with van der Waals surface area (Å²) in [6.07, 6.45) is 0.690. The van der Waals surface area contributed by atoms with Crippen LogP contribution in [0.3, 0.4) is 0 Å². The molecule has 3 N–H and O–H groups in total. The summed E-state index contributed by atoms with van der Waals surface area (Å²) in [6, 6.07) is 1.67. The van der Waals surface area contributed by atoms with E-state index in [2.05, 4.69) is 5.32 Å². The van der Waals surface area contributed by atoms with Crippen LogP contribution < -0.4 is 11.1 Å². The van der Waals surface area contributed by atoms with E-state index in [1.807, 2.05) is 6.92 Å². The van der Waals surface area contributed by atoms with Gasteiger partial charge in [0.1, 0.15) is 11.5 Å². The molecule has 1 rings (SSSR count). The van der Waals surface area contributed by atoms with Crippen molar-refractivity contribution in [1.29, 1.82) is 0 Å². The van der Waals surface area contributed by atoms with E-state index in [0.717, 1.165) is 5.76 Å². The predicted molar refractivity (Wildman–Crippen MR) is 65.0 cm³/mol. The Hall–Kier alpha value is -1.33. The fourth-order valence-electron chi connectivity index (χ4n) is 1.72. The Morgan fingerprint density at radius 2 is 2.29 bits per heavy atom. The number of rotatable bonds is 6. The average Bonchev–Trinajstić information content (AvgIpc) is 2.58. The highest BCUT2D eigenvalue weighted by Crippen LogP contribution is 2.13. The number of carbonyl (C=O) groups excluding carboxylic acids is 1. The summed E-state index contributed by atoms with van der Waals surface area (Å²) in [5.41, 5.74) is 6.05. The molecule has 1 atom stereocenters. The SMILES string of the molecule is COCC(CCN)NC(=O)c1cc(C)oc1C. The number of ether oxygens (including phenoxy) is 1. The first-order valence-corrected chi connectivity index (χ1v) is 5.65. The minimum atomic E-state index is -0.144. The molecule has 0 aromatic carbocycles. The maximum absolute atomic E-state index is 12.0. The number of carbonyl (C=O) groups is 1. The largest absolute Gasteiger partial charge is 0.466 e. The van der Waals surface area contributed by atoms with Gasteiger partial charge in [-0.25, -0.2) is 0 Å². The average molecular weight is 240 g/mol. The molecule has 1 heterocycles. The highest BCUT2D eigenvalue weighted by Gasteiger charge is 2.17. The second-order valence-corrected chi connectivity index (χ2v) is 4.03. The fraction of sp³-hybridized carbons (Fsp3) is 0.583. The predicted octanol–water partition coefficient (Wildman–Crippen LogP) is 0.990. The lowest BCUT2D eigenvalue weighted by Gasteiger charge is -2.16. The van der Waals surface area contributed by atoms with Gasteiger partial charge in [0.15, 0.2) is 0 Å². The number of aryl methyl sites for hydroxylation is 2. The highest BCUT2D eigenvalue weighted by atomic mass is 16.5. The van der Waals surface area contributed by atoms with E-state index in [0.29, 0.717) is 30.9 Å². The lowest BCUT2D eigenvalue weighted by Crippen LogP contribution is -2.39. The van der Waals surface area contributed by atoms with Gasteiger partial charge in [-0.2, -0.15) is 0 Å². The van der Waals surface area contributed by atoms with E-state index in [4.69, 9.17) is 14.9 Å². The molecule has 5 nitrogen and oxygen atoms in total. The standard InChI is InChI=1S/C12H20N2O3/c1-8-6-11(9(2)17-8)12(15)14-10(4-5-13)7-16-3/h6,10H,4-5,7,13H2,1-3H3,(H,14,15). The molecular weight excluding hydrogens is 220 g/mol. The molecule has 0 bridgehead atoms. The first kappa shape index (κ1) is 13.7. The summed E-state index contributed by atoms with van der Waals surface area (Å²) in [5, 5.41) is 2.89. The van der Waals surface area contributed by atoms with Crippen molar-refractivity contribution in [3.8, 4) is 0 Å². The Balaban J connectivity index is 2.66. The van der Waals surface area contributed by atoms with E-state index < -0.39 is 0 Å². The van der Waals surface area contributed by atoms with E-state index in [1.54, 1.807) is 20.1 Å². The van der Waals surface area contributed by atoms with Gasteiger partial charge in [0.2, 0.25) is 0 Å². The Morgan fingerprint density at radius 1 is 1.59 bits per heavy atom. The third-order valence-electron chi connectivity index (χ3n) is 2.50. The van der Waals surface area contributed by atoms with Gasteiger partial charge < -0.3 is 20.2 Å². The van der Waals surface area contributed by atoms with Crippen LogP contribution in [0, 0.1) is 13.8 Å². The Bertz CT molecular complexity index is 368. The Morgan fingerprint density at radius 3 is 2.76 bits per heavy atom. The molecule has 0 aliphatic rings. The first-order valence-electron chi connectivity index (χ1n) is 5.65. The molecule has 0 aliphatic carbocycles. The molecule has 0 radical (unpaired) electrons. The van der Waals surface area contributed by atoms with Crippen molar-refractivity contribution < 1.29 is 13.9 Å². The van der Waals surface area contributed by atoms with E-state index in [9.17, 15) is 4.79 Å². The van der Waals surface area contributed by atoms with Crippen LogP contribution >= 0.6 is 0 Å². The summed E-state index contributed by atoms with van der Waals surface area (Å²) >= 11 is 0. The number of amides is 1. The van der Waals surface area contributed by atoms with Crippen molar-refractivity contribution in [1.82, 2.24) is 5.32 Å². The van der Waals surface area contributed by atoms with Crippen molar-refractivity contribution in [2.75, 3.05) is 20.3 Å². The summed E-state index contributed by atoms with van der Waals surface area (Å²) in [6.45, 7) is 4.56. The number of hydrogen-bond acceptors (Lipinski definition) is 4. The van der Waals surface area contributed by atoms with Crippen LogP contribution in [0.5, 0.6) is 0 Å². The van der Waals surface area contributed by atoms with Crippen LogP contribution in [0.15, 0.2) is 10.5 Å². The number of nitrogens with two attached hydrogens (primary N) is 1. The monoisotopic (exact) mass is 240 g/mol. The van der Waals surface area contributed by atoms with Gasteiger partial charge in [-0.05, 0) is 32.9 Å². The number of hydrogen-bond donors (Lipinski definition) is 2. The van der Waals surface area contributed by atoms with Crippen molar-refractivity contribution in [2.24, 2.45) is 5.73 Å². The van der Waals surface area contributed by atoms with Crippen molar-refractivity contribution in [3.05, 3.63) is 23.2 Å². The zero-order valence-electron chi connectivity index (χ0n) is 10.6. The molecule has 0 saturated carbocycles. The third kappa shape index (κ3) is 3.87. The molecular formula is C12H20N2O3. The minimum absolute atomic E-state index is 0.0629. The van der Waals surface area contributed by atoms with E-state index in [1.165, 1.54) is 0 Å². The zero-order chi connectivity index (χ0) is 12.8. The van der Waals surface area contributed by atoms with Crippen LogP contribution in [0.2, 0.25) is 0 Å². The topological polar surface area (TPSA) is 77.5 Å². The van der Waals surface area contributed by atoms with Gasteiger partial charge in [0.25, 0.3) is 5.91 Å². The molecule has 0 saturated heterocycles. The van der Waals surface area contributed by atoms with E-state index >= 15 is 0 Å². The lowest BCUT2D eigenvalue weighted by molar-refractivity contribution is 0.0892. The van der Waals surface area contributed by atoms with Gasteiger partial charge in [-0.3, -0.25) is 4.79 Å². The molecule has 5 heteroatoms. The van der Waals surface area contributed by atoms with Gasteiger partial charge >= 0.3 is 0 Å². The van der Waals surface area contributed by atoms with Crippen LogP contribution in [-0.4, -0.2) is 32.2 Å². The molecule has 96 valence electrons. The minimum Gasteiger partial charge on any atom is -0.466 e. The smallest absolute Gasteiger partial charge is 0.255 e. The Kier molecular flexibility index (Phi) is 5.18. The molecule has 1 unspecified atom stereocenters.